The van der Waals surface area contributed by atoms with E-state index in [0.717, 1.165) is 35.6 Å². The van der Waals surface area contributed by atoms with Crippen LogP contribution < -0.4 is 4.74 Å². The molecule has 1 aromatic heterocycles. The summed E-state index contributed by atoms with van der Waals surface area (Å²) >= 11 is 0. The number of unbranched alkanes of at least 4 members (excludes halogenated alkanes) is 2. The van der Waals surface area contributed by atoms with Crippen LogP contribution >= 0.6 is 0 Å². The van der Waals surface area contributed by atoms with E-state index in [2.05, 4.69) is 42.2 Å². The van der Waals surface area contributed by atoms with Crippen molar-refractivity contribution in [2.24, 2.45) is 0 Å². The molecule has 3 rings (SSSR count). The van der Waals surface area contributed by atoms with Crippen molar-refractivity contribution in [1.29, 1.82) is 0 Å². The smallest absolute Gasteiger partial charge is 0.119 e. The van der Waals surface area contributed by atoms with E-state index in [0.29, 0.717) is 0 Å². The lowest BCUT2D eigenvalue weighted by Crippen LogP contribution is -1.96. The molecule has 122 valence electrons. The van der Waals surface area contributed by atoms with Crippen molar-refractivity contribution in [2.45, 2.75) is 26.2 Å². The average Bonchev–Trinajstić information content (AvgIpc) is 2.64. The molecule has 3 aromatic rings. The summed E-state index contributed by atoms with van der Waals surface area (Å²) in [5.41, 5.74) is 3.13. The number of benzene rings is 2. The van der Waals surface area contributed by atoms with Gasteiger partial charge >= 0.3 is 0 Å². The second kappa shape index (κ2) is 8.30. The molecule has 0 amide bonds. The molecule has 0 aliphatic carbocycles. The van der Waals surface area contributed by atoms with E-state index in [1.165, 1.54) is 18.2 Å². The van der Waals surface area contributed by atoms with Gasteiger partial charge in [-0.3, -0.25) is 0 Å². The summed E-state index contributed by atoms with van der Waals surface area (Å²) in [6.07, 6.45) is 7.68. The SMILES string of the molecule is CCCCCOc1ccc(C=Cc2ccc3ccccc3n2)cc1. The number of para-hydroxylation sites is 1. The maximum Gasteiger partial charge on any atom is 0.119 e. The number of fused-ring (bicyclic) bond motifs is 1. The summed E-state index contributed by atoms with van der Waals surface area (Å²) < 4.78 is 5.74. The Morgan fingerprint density at radius 2 is 1.71 bits per heavy atom. The number of hydrogen-bond donors (Lipinski definition) is 0. The highest BCUT2D eigenvalue weighted by Crippen LogP contribution is 2.16. The molecule has 0 fully saturated rings. The van der Waals surface area contributed by atoms with Crippen LogP contribution in [0.4, 0.5) is 0 Å². The highest BCUT2D eigenvalue weighted by molar-refractivity contribution is 5.80. The van der Waals surface area contributed by atoms with Gasteiger partial charge in [0.2, 0.25) is 0 Å². The van der Waals surface area contributed by atoms with Crippen molar-refractivity contribution >= 4 is 23.1 Å². The van der Waals surface area contributed by atoms with Gasteiger partial charge in [0.25, 0.3) is 0 Å². The molecular weight excluding hydrogens is 294 g/mol. The molecule has 24 heavy (non-hydrogen) atoms. The van der Waals surface area contributed by atoms with Gasteiger partial charge < -0.3 is 4.74 Å². The van der Waals surface area contributed by atoms with Crippen LogP contribution in [0.5, 0.6) is 5.75 Å². The Morgan fingerprint density at radius 3 is 2.54 bits per heavy atom. The van der Waals surface area contributed by atoms with Gasteiger partial charge in [-0.1, -0.05) is 62.2 Å². The lowest BCUT2D eigenvalue weighted by molar-refractivity contribution is 0.306. The van der Waals surface area contributed by atoms with Crippen molar-refractivity contribution < 1.29 is 4.74 Å². The van der Waals surface area contributed by atoms with E-state index >= 15 is 0 Å². The predicted octanol–water partition coefficient (Wildman–Crippen LogP) is 5.97. The van der Waals surface area contributed by atoms with Gasteiger partial charge in [-0.05, 0) is 42.3 Å². The third-order valence-electron chi connectivity index (χ3n) is 3.96. The number of hydrogen-bond acceptors (Lipinski definition) is 2. The average molecular weight is 317 g/mol. The van der Waals surface area contributed by atoms with Crippen LogP contribution in [-0.4, -0.2) is 11.6 Å². The molecule has 2 aromatic carbocycles. The van der Waals surface area contributed by atoms with Gasteiger partial charge in [-0.25, -0.2) is 4.98 Å². The molecule has 0 saturated heterocycles. The number of nitrogens with zero attached hydrogens (tertiary/aromatic N) is 1. The normalized spacial score (nSPS) is 11.2. The van der Waals surface area contributed by atoms with Gasteiger partial charge in [-0.15, -0.1) is 0 Å². The van der Waals surface area contributed by atoms with Crippen LogP contribution in [0.15, 0.2) is 60.7 Å². The van der Waals surface area contributed by atoms with E-state index in [1.54, 1.807) is 0 Å². The zero-order chi connectivity index (χ0) is 16.6. The maximum absolute atomic E-state index is 5.74. The van der Waals surface area contributed by atoms with Gasteiger partial charge in [0.1, 0.15) is 5.75 Å². The topological polar surface area (TPSA) is 22.1 Å². The van der Waals surface area contributed by atoms with Gasteiger partial charge in [-0.2, -0.15) is 0 Å². The molecule has 2 heteroatoms. The molecule has 0 N–H and O–H groups in total. The van der Waals surface area contributed by atoms with Crippen molar-refractivity contribution in [3.05, 3.63) is 71.9 Å². The van der Waals surface area contributed by atoms with Crippen LogP contribution in [0.1, 0.15) is 37.4 Å². The Labute approximate surface area is 143 Å². The molecule has 0 bridgehead atoms. The number of pyridine rings is 1. The van der Waals surface area contributed by atoms with E-state index in [9.17, 15) is 0 Å². The molecule has 0 atom stereocenters. The third kappa shape index (κ3) is 4.45. The maximum atomic E-state index is 5.74. The predicted molar refractivity (Wildman–Crippen MR) is 102 cm³/mol. The van der Waals surface area contributed by atoms with E-state index in [-0.39, 0.29) is 0 Å². The highest BCUT2D eigenvalue weighted by Gasteiger charge is 1.96. The van der Waals surface area contributed by atoms with Gasteiger partial charge in [0.15, 0.2) is 0 Å². The monoisotopic (exact) mass is 317 g/mol. The summed E-state index contributed by atoms with van der Waals surface area (Å²) in [6.45, 7) is 3.00. The van der Waals surface area contributed by atoms with Crippen molar-refractivity contribution in [2.75, 3.05) is 6.61 Å². The Kier molecular flexibility index (Phi) is 5.62. The first kappa shape index (κ1) is 16.3. The van der Waals surface area contributed by atoms with Crippen LogP contribution in [0.25, 0.3) is 23.1 Å². The van der Waals surface area contributed by atoms with E-state index in [4.69, 9.17) is 4.74 Å². The van der Waals surface area contributed by atoms with Gasteiger partial charge in [0, 0.05) is 5.39 Å². The fourth-order valence-electron chi connectivity index (χ4n) is 2.57. The molecule has 0 aliphatic heterocycles. The first-order valence-electron chi connectivity index (χ1n) is 8.62. The molecule has 0 unspecified atom stereocenters. The Morgan fingerprint density at radius 1 is 0.875 bits per heavy atom. The summed E-state index contributed by atoms with van der Waals surface area (Å²) in [4.78, 5) is 4.65. The molecular formula is C22H23NO. The molecule has 0 saturated carbocycles. The summed E-state index contributed by atoms with van der Waals surface area (Å²) in [5, 5.41) is 1.17. The molecule has 2 nitrogen and oxygen atoms in total. The van der Waals surface area contributed by atoms with Crippen LogP contribution in [0, 0.1) is 0 Å². The minimum absolute atomic E-state index is 0.796. The fraction of sp³-hybridized carbons (Fsp3) is 0.227. The number of rotatable bonds is 7. The number of aromatic nitrogens is 1. The van der Waals surface area contributed by atoms with Gasteiger partial charge in [0.05, 0.1) is 17.8 Å². The zero-order valence-corrected chi connectivity index (χ0v) is 14.1. The van der Waals surface area contributed by atoms with E-state index < -0.39 is 0 Å². The molecule has 1 heterocycles. The second-order valence-electron chi connectivity index (χ2n) is 5.89. The minimum atomic E-state index is 0.796. The Hall–Kier alpha value is -2.61. The van der Waals surface area contributed by atoms with Crippen LogP contribution in [0.3, 0.4) is 0 Å². The Bertz CT molecular complexity index is 806. The van der Waals surface area contributed by atoms with Crippen molar-refractivity contribution in [1.82, 2.24) is 4.98 Å². The zero-order valence-electron chi connectivity index (χ0n) is 14.1. The second-order valence-corrected chi connectivity index (χ2v) is 5.89. The van der Waals surface area contributed by atoms with Crippen LogP contribution in [0.2, 0.25) is 0 Å². The molecule has 0 radical (unpaired) electrons. The Balaban J connectivity index is 1.63. The summed E-state index contributed by atoms with van der Waals surface area (Å²) in [7, 11) is 0. The van der Waals surface area contributed by atoms with Crippen LogP contribution in [-0.2, 0) is 0 Å². The van der Waals surface area contributed by atoms with E-state index in [1.807, 2.05) is 42.5 Å². The third-order valence-corrected chi connectivity index (χ3v) is 3.96. The van der Waals surface area contributed by atoms with Crippen molar-refractivity contribution in [3.8, 4) is 5.75 Å². The number of ether oxygens (including phenoxy) is 1. The quantitative estimate of drug-likeness (QED) is 0.500. The first-order valence-corrected chi connectivity index (χ1v) is 8.62. The lowest BCUT2D eigenvalue weighted by atomic mass is 10.1. The largest absolute Gasteiger partial charge is 0.494 e. The molecule has 0 spiro atoms. The standard InChI is InChI=1S/C22H23NO/c1-2-3-6-17-24-21-15-10-18(11-16-21)9-13-20-14-12-19-7-4-5-8-22(19)23-20/h4-5,7-16H,2-3,6,17H2,1H3. The fourth-order valence-corrected chi connectivity index (χ4v) is 2.57. The summed E-state index contributed by atoms with van der Waals surface area (Å²) in [5.74, 6) is 0.937. The summed E-state index contributed by atoms with van der Waals surface area (Å²) in [6, 6.07) is 20.5. The van der Waals surface area contributed by atoms with Crippen molar-refractivity contribution in [3.63, 3.8) is 0 Å². The molecule has 0 aliphatic rings. The highest BCUT2D eigenvalue weighted by atomic mass is 16.5. The first-order chi connectivity index (χ1) is 11.8. The minimum Gasteiger partial charge on any atom is -0.494 e. The lowest BCUT2D eigenvalue weighted by Gasteiger charge is -2.05.